The highest BCUT2D eigenvalue weighted by Crippen LogP contribution is 2.19. The van der Waals surface area contributed by atoms with E-state index in [4.69, 9.17) is 5.73 Å². The predicted molar refractivity (Wildman–Crippen MR) is 66.0 cm³/mol. The Morgan fingerprint density at radius 1 is 1.41 bits per heavy atom. The predicted octanol–water partition coefficient (Wildman–Crippen LogP) is 1.26. The quantitative estimate of drug-likeness (QED) is 0.769. The van der Waals surface area contributed by atoms with E-state index in [1.54, 1.807) is 25.1 Å². The highest BCUT2D eigenvalue weighted by atomic mass is 16.3. The number of aromatic hydroxyl groups is 1. The number of phenols is 1. The van der Waals surface area contributed by atoms with Crippen LogP contribution in [-0.2, 0) is 0 Å². The minimum Gasteiger partial charge on any atom is -0.508 e. The second-order valence-electron chi connectivity index (χ2n) is 4.63. The normalized spacial score (nSPS) is 17.2. The minimum atomic E-state index is 0.0278. The van der Waals surface area contributed by atoms with Crippen molar-refractivity contribution in [3.8, 4) is 5.75 Å². The Morgan fingerprint density at radius 3 is 2.65 bits per heavy atom. The first kappa shape index (κ1) is 11.9. The Balaban J connectivity index is 2.11. The van der Waals surface area contributed by atoms with Crippen molar-refractivity contribution in [2.24, 2.45) is 5.73 Å². The Morgan fingerprint density at radius 2 is 2.06 bits per heavy atom. The topological polar surface area (TPSA) is 66.6 Å². The molecule has 0 atom stereocenters. The number of aryl methyl sites for hydroxylation is 1. The van der Waals surface area contributed by atoms with E-state index in [9.17, 15) is 9.90 Å². The van der Waals surface area contributed by atoms with Crippen molar-refractivity contribution < 1.29 is 9.90 Å². The van der Waals surface area contributed by atoms with Gasteiger partial charge in [0.15, 0.2) is 0 Å². The third kappa shape index (κ3) is 2.58. The molecule has 1 saturated heterocycles. The number of nitrogens with two attached hydrogens (primary N) is 1. The van der Waals surface area contributed by atoms with E-state index >= 15 is 0 Å². The van der Waals surface area contributed by atoms with Crippen molar-refractivity contribution in [2.75, 3.05) is 13.1 Å². The molecule has 92 valence electrons. The van der Waals surface area contributed by atoms with Crippen LogP contribution in [0.4, 0.5) is 0 Å². The second kappa shape index (κ2) is 4.75. The molecule has 1 aromatic carbocycles. The maximum Gasteiger partial charge on any atom is 0.253 e. The lowest BCUT2D eigenvalue weighted by atomic mass is 10.0. The number of piperidine rings is 1. The monoisotopic (exact) mass is 234 g/mol. The van der Waals surface area contributed by atoms with Crippen LogP contribution < -0.4 is 5.73 Å². The fourth-order valence-corrected chi connectivity index (χ4v) is 2.07. The van der Waals surface area contributed by atoms with E-state index in [0.717, 1.165) is 31.5 Å². The molecule has 17 heavy (non-hydrogen) atoms. The molecule has 2 rings (SSSR count). The summed E-state index contributed by atoms with van der Waals surface area (Å²) in [6, 6.07) is 5.18. The molecule has 1 aliphatic rings. The standard InChI is InChI=1S/C13H18N2O2/c1-9-8-10(2-3-12(9)16)13(17)15-6-4-11(14)5-7-15/h2-3,8,11,16H,4-7,14H2,1H3. The minimum absolute atomic E-state index is 0.0278. The SMILES string of the molecule is Cc1cc(C(=O)N2CCC(N)CC2)ccc1O. The second-order valence-corrected chi connectivity index (χ2v) is 4.63. The summed E-state index contributed by atoms with van der Waals surface area (Å²) >= 11 is 0. The van der Waals surface area contributed by atoms with Gasteiger partial charge in [-0.15, -0.1) is 0 Å². The van der Waals surface area contributed by atoms with Gasteiger partial charge in [-0.2, -0.15) is 0 Å². The van der Waals surface area contributed by atoms with Gasteiger partial charge in [-0.3, -0.25) is 4.79 Å². The van der Waals surface area contributed by atoms with Crippen LogP contribution in [0, 0.1) is 6.92 Å². The average molecular weight is 234 g/mol. The van der Waals surface area contributed by atoms with Crippen molar-refractivity contribution in [1.29, 1.82) is 0 Å². The molecule has 0 bridgehead atoms. The molecule has 1 aliphatic heterocycles. The van der Waals surface area contributed by atoms with E-state index in [0.29, 0.717) is 5.56 Å². The van der Waals surface area contributed by atoms with Crippen molar-refractivity contribution in [1.82, 2.24) is 4.90 Å². The van der Waals surface area contributed by atoms with Gasteiger partial charge in [-0.05, 0) is 43.5 Å². The summed E-state index contributed by atoms with van der Waals surface area (Å²) < 4.78 is 0. The Kier molecular flexibility index (Phi) is 3.33. The zero-order chi connectivity index (χ0) is 12.4. The zero-order valence-corrected chi connectivity index (χ0v) is 10.0. The van der Waals surface area contributed by atoms with Gasteiger partial charge in [-0.1, -0.05) is 0 Å². The van der Waals surface area contributed by atoms with Crippen molar-refractivity contribution in [3.05, 3.63) is 29.3 Å². The van der Waals surface area contributed by atoms with Crippen LogP contribution in [-0.4, -0.2) is 35.0 Å². The third-order valence-electron chi connectivity index (χ3n) is 3.27. The summed E-state index contributed by atoms with van der Waals surface area (Å²) in [4.78, 5) is 14.0. The number of hydrogen-bond acceptors (Lipinski definition) is 3. The van der Waals surface area contributed by atoms with Crippen molar-refractivity contribution in [2.45, 2.75) is 25.8 Å². The molecule has 1 heterocycles. The number of carbonyl (C=O) groups is 1. The van der Waals surface area contributed by atoms with Crippen LogP contribution in [0.1, 0.15) is 28.8 Å². The van der Waals surface area contributed by atoms with Gasteiger partial charge >= 0.3 is 0 Å². The van der Waals surface area contributed by atoms with E-state index < -0.39 is 0 Å². The number of rotatable bonds is 1. The van der Waals surface area contributed by atoms with Gasteiger partial charge in [0.1, 0.15) is 5.75 Å². The molecule has 3 N–H and O–H groups in total. The molecular formula is C13H18N2O2. The maximum absolute atomic E-state index is 12.2. The van der Waals surface area contributed by atoms with Gasteiger partial charge in [0, 0.05) is 24.7 Å². The molecule has 0 aliphatic carbocycles. The largest absolute Gasteiger partial charge is 0.508 e. The van der Waals surface area contributed by atoms with Gasteiger partial charge < -0.3 is 15.7 Å². The van der Waals surface area contributed by atoms with E-state index in [-0.39, 0.29) is 17.7 Å². The molecule has 0 radical (unpaired) electrons. The summed E-state index contributed by atoms with van der Waals surface area (Å²) in [5.41, 5.74) is 7.17. The van der Waals surface area contributed by atoms with Crippen LogP contribution in [0.3, 0.4) is 0 Å². The summed E-state index contributed by atoms with van der Waals surface area (Å²) in [6.45, 7) is 3.23. The number of nitrogens with zero attached hydrogens (tertiary/aromatic N) is 1. The third-order valence-corrected chi connectivity index (χ3v) is 3.27. The fraction of sp³-hybridized carbons (Fsp3) is 0.462. The van der Waals surface area contributed by atoms with Crippen LogP contribution in [0.25, 0.3) is 0 Å². The Hall–Kier alpha value is -1.55. The first-order valence-corrected chi connectivity index (χ1v) is 5.92. The molecule has 4 heteroatoms. The molecule has 1 fully saturated rings. The highest BCUT2D eigenvalue weighted by molar-refractivity contribution is 5.94. The summed E-state index contributed by atoms with van der Waals surface area (Å²) in [6.07, 6.45) is 1.73. The molecular weight excluding hydrogens is 216 g/mol. The lowest BCUT2D eigenvalue weighted by Gasteiger charge is -2.30. The van der Waals surface area contributed by atoms with Gasteiger partial charge in [-0.25, -0.2) is 0 Å². The lowest BCUT2D eigenvalue weighted by Crippen LogP contribution is -2.42. The van der Waals surface area contributed by atoms with Crippen LogP contribution in [0.15, 0.2) is 18.2 Å². The molecule has 0 spiro atoms. The number of carbonyl (C=O) groups excluding carboxylic acids is 1. The lowest BCUT2D eigenvalue weighted by molar-refractivity contribution is 0.0714. The van der Waals surface area contributed by atoms with Gasteiger partial charge in [0.2, 0.25) is 0 Å². The first-order chi connectivity index (χ1) is 8.08. The molecule has 0 saturated carbocycles. The van der Waals surface area contributed by atoms with Crippen LogP contribution >= 0.6 is 0 Å². The molecule has 0 aromatic heterocycles. The number of hydrogen-bond donors (Lipinski definition) is 2. The first-order valence-electron chi connectivity index (χ1n) is 5.92. The van der Waals surface area contributed by atoms with E-state index in [1.807, 2.05) is 4.90 Å². The highest BCUT2D eigenvalue weighted by Gasteiger charge is 2.21. The van der Waals surface area contributed by atoms with Crippen molar-refractivity contribution >= 4 is 5.91 Å². The van der Waals surface area contributed by atoms with E-state index in [2.05, 4.69) is 0 Å². The van der Waals surface area contributed by atoms with Gasteiger partial charge in [0.05, 0.1) is 0 Å². The maximum atomic E-state index is 12.2. The molecule has 0 unspecified atom stereocenters. The smallest absolute Gasteiger partial charge is 0.253 e. The Bertz CT molecular complexity index is 423. The van der Waals surface area contributed by atoms with Crippen LogP contribution in [0.5, 0.6) is 5.75 Å². The number of amides is 1. The van der Waals surface area contributed by atoms with Crippen molar-refractivity contribution in [3.63, 3.8) is 0 Å². The summed E-state index contributed by atoms with van der Waals surface area (Å²) in [5.74, 6) is 0.252. The molecule has 4 nitrogen and oxygen atoms in total. The summed E-state index contributed by atoms with van der Waals surface area (Å²) in [7, 11) is 0. The van der Waals surface area contributed by atoms with E-state index in [1.165, 1.54) is 0 Å². The fourth-order valence-electron chi connectivity index (χ4n) is 2.07. The zero-order valence-electron chi connectivity index (χ0n) is 10.0. The number of likely N-dealkylation sites (tertiary alicyclic amines) is 1. The molecule has 1 amide bonds. The average Bonchev–Trinajstić information content (AvgIpc) is 2.33. The Labute approximate surface area is 101 Å². The number of phenolic OH excluding ortho intramolecular Hbond substituents is 1. The van der Waals surface area contributed by atoms with Crippen LogP contribution in [0.2, 0.25) is 0 Å². The summed E-state index contributed by atoms with van der Waals surface area (Å²) in [5, 5.41) is 9.43. The molecule has 1 aromatic rings. The van der Waals surface area contributed by atoms with Gasteiger partial charge in [0.25, 0.3) is 5.91 Å². The number of benzene rings is 1.